The minimum absolute atomic E-state index is 0.0951. The van der Waals surface area contributed by atoms with Gasteiger partial charge in [0.15, 0.2) is 0 Å². The molecule has 156 valence electrons. The van der Waals surface area contributed by atoms with Crippen molar-refractivity contribution in [3.8, 4) is 11.1 Å². The Morgan fingerprint density at radius 2 is 1.81 bits per heavy atom. The number of benzene rings is 3. The summed E-state index contributed by atoms with van der Waals surface area (Å²) in [4.78, 5) is 12.7. The zero-order chi connectivity index (χ0) is 21.5. The Morgan fingerprint density at radius 3 is 2.58 bits per heavy atom. The van der Waals surface area contributed by atoms with Gasteiger partial charge in [-0.25, -0.2) is 0 Å². The van der Waals surface area contributed by atoms with Crippen LogP contribution in [0.5, 0.6) is 0 Å². The van der Waals surface area contributed by atoms with E-state index < -0.39 is 0 Å². The summed E-state index contributed by atoms with van der Waals surface area (Å²) in [6.07, 6.45) is 3.74. The summed E-state index contributed by atoms with van der Waals surface area (Å²) in [7, 11) is 1.65. The largest absolute Gasteiger partial charge is 0.380 e. The maximum absolute atomic E-state index is 12.7. The minimum Gasteiger partial charge on any atom is -0.380 e. The van der Waals surface area contributed by atoms with Crippen LogP contribution in [0, 0.1) is 0 Å². The number of rotatable bonds is 8. The van der Waals surface area contributed by atoms with Gasteiger partial charge in [-0.15, -0.1) is 0 Å². The first-order valence-electron chi connectivity index (χ1n) is 10.2. The number of amides is 1. The molecule has 0 aliphatic rings. The molecule has 1 amide bonds. The molecule has 0 aliphatic heterocycles. The number of nitrogens with zero attached hydrogens (tertiary/aromatic N) is 2. The average Bonchev–Trinajstić information content (AvgIpc) is 3.32. The molecule has 0 saturated carbocycles. The average molecular weight is 412 g/mol. The summed E-state index contributed by atoms with van der Waals surface area (Å²) in [6.45, 7) is 1.69. The fourth-order valence-corrected chi connectivity index (χ4v) is 3.57. The van der Waals surface area contributed by atoms with Crippen molar-refractivity contribution >= 4 is 5.91 Å². The Morgan fingerprint density at radius 1 is 0.968 bits per heavy atom. The maximum atomic E-state index is 12.7. The summed E-state index contributed by atoms with van der Waals surface area (Å²) < 4.78 is 7.06. The molecule has 1 aromatic heterocycles. The molecule has 0 bridgehead atoms. The van der Waals surface area contributed by atoms with Gasteiger partial charge in [-0.3, -0.25) is 9.48 Å². The van der Waals surface area contributed by atoms with E-state index in [4.69, 9.17) is 4.74 Å². The van der Waals surface area contributed by atoms with E-state index in [9.17, 15) is 4.79 Å². The molecule has 0 saturated heterocycles. The number of carbonyl (C=O) groups is 1. The Hall–Kier alpha value is -3.70. The highest BCUT2D eigenvalue weighted by atomic mass is 16.5. The molecule has 4 aromatic rings. The quantitative estimate of drug-likeness (QED) is 0.458. The van der Waals surface area contributed by atoms with Crippen molar-refractivity contribution in [3.05, 3.63) is 114 Å². The number of ether oxygens (including phenoxy) is 1. The molecule has 0 fully saturated rings. The zero-order valence-electron chi connectivity index (χ0n) is 17.5. The van der Waals surface area contributed by atoms with Gasteiger partial charge in [-0.05, 0) is 46.0 Å². The molecular formula is C26H25N3O2. The van der Waals surface area contributed by atoms with E-state index in [1.54, 1.807) is 13.3 Å². The second kappa shape index (κ2) is 9.87. The molecule has 3 aromatic carbocycles. The van der Waals surface area contributed by atoms with Crippen LogP contribution in [0.2, 0.25) is 0 Å². The van der Waals surface area contributed by atoms with Crippen LogP contribution in [-0.2, 0) is 24.4 Å². The zero-order valence-corrected chi connectivity index (χ0v) is 17.5. The third-order valence-electron chi connectivity index (χ3n) is 5.13. The highest BCUT2D eigenvalue weighted by molar-refractivity contribution is 5.94. The van der Waals surface area contributed by atoms with E-state index in [-0.39, 0.29) is 5.91 Å². The highest BCUT2D eigenvalue weighted by Gasteiger charge is 2.09. The smallest absolute Gasteiger partial charge is 0.251 e. The molecule has 4 rings (SSSR count). The lowest BCUT2D eigenvalue weighted by atomic mass is 9.98. The van der Waals surface area contributed by atoms with Gasteiger partial charge in [0.1, 0.15) is 0 Å². The summed E-state index contributed by atoms with van der Waals surface area (Å²) >= 11 is 0. The minimum atomic E-state index is -0.0951. The first-order valence-corrected chi connectivity index (χ1v) is 10.2. The number of hydrogen-bond acceptors (Lipinski definition) is 3. The van der Waals surface area contributed by atoms with Gasteiger partial charge in [0.05, 0.1) is 13.2 Å². The molecule has 0 atom stereocenters. The molecule has 1 heterocycles. The fraction of sp³-hybridized carbons (Fsp3) is 0.154. The van der Waals surface area contributed by atoms with Gasteiger partial charge in [-0.1, -0.05) is 60.7 Å². The second-order valence-electron chi connectivity index (χ2n) is 7.37. The first kappa shape index (κ1) is 20.6. The van der Waals surface area contributed by atoms with E-state index in [2.05, 4.69) is 46.8 Å². The Bertz CT molecular complexity index is 1140. The number of methoxy groups -OCH3 is 1. The SMILES string of the molecule is COCc1cccc(C(=O)NCc2ccccc2-c2ccc(Cn3cccn3)cc2)c1. The Kier molecular flexibility index (Phi) is 6.55. The number of carbonyl (C=O) groups excluding carboxylic acids is 1. The monoisotopic (exact) mass is 411 g/mol. The lowest BCUT2D eigenvalue weighted by Crippen LogP contribution is -2.23. The van der Waals surface area contributed by atoms with Gasteiger partial charge >= 0.3 is 0 Å². The van der Waals surface area contributed by atoms with Gasteiger partial charge < -0.3 is 10.1 Å². The summed E-state index contributed by atoms with van der Waals surface area (Å²) in [5.41, 5.74) is 6.11. The van der Waals surface area contributed by atoms with Crippen molar-refractivity contribution < 1.29 is 9.53 Å². The maximum Gasteiger partial charge on any atom is 0.251 e. The van der Waals surface area contributed by atoms with Crippen LogP contribution in [0.25, 0.3) is 11.1 Å². The lowest BCUT2D eigenvalue weighted by molar-refractivity contribution is 0.0950. The third-order valence-corrected chi connectivity index (χ3v) is 5.13. The van der Waals surface area contributed by atoms with Crippen molar-refractivity contribution in [2.24, 2.45) is 0 Å². The second-order valence-corrected chi connectivity index (χ2v) is 7.37. The molecule has 0 aliphatic carbocycles. The van der Waals surface area contributed by atoms with E-state index >= 15 is 0 Å². The van der Waals surface area contributed by atoms with Crippen LogP contribution in [0.1, 0.15) is 27.0 Å². The van der Waals surface area contributed by atoms with Crippen LogP contribution in [0.15, 0.2) is 91.3 Å². The molecule has 31 heavy (non-hydrogen) atoms. The topological polar surface area (TPSA) is 56.1 Å². The van der Waals surface area contributed by atoms with Crippen molar-refractivity contribution in [1.82, 2.24) is 15.1 Å². The van der Waals surface area contributed by atoms with Crippen LogP contribution in [0.4, 0.5) is 0 Å². The van der Waals surface area contributed by atoms with Crippen LogP contribution >= 0.6 is 0 Å². The molecule has 0 unspecified atom stereocenters. The lowest BCUT2D eigenvalue weighted by Gasteiger charge is -2.12. The highest BCUT2D eigenvalue weighted by Crippen LogP contribution is 2.24. The van der Waals surface area contributed by atoms with Crippen molar-refractivity contribution in [3.63, 3.8) is 0 Å². The normalized spacial score (nSPS) is 10.7. The van der Waals surface area contributed by atoms with E-state index in [0.717, 1.165) is 28.8 Å². The predicted octanol–water partition coefficient (Wildman–Crippen LogP) is 4.67. The summed E-state index contributed by atoms with van der Waals surface area (Å²) in [6, 6.07) is 26.1. The molecular weight excluding hydrogens is 386 g/mol. The predicted molar refractivity (Wildman–Crippen MR) is 122 cm³/mol. The van der Waals surface area contributed by atoms with E-state index in [1.165, 1.54) is 5.56 Å². The van der Waals surface area contributed by atoms with Crippen molar-refractivity contribution in [2.75, 3.05) is 7.11 Å². The summed E-state index contributed by atoms with van der Waals surface area (Å²) in [5.74, 6) is -0.0951. The van der Waals surface area contributed by atoms with Gasteiger partial charge in [-0.2, -0.15) is 5.10 Å². The van der Waals surface area contributed by atoms with Gasteiger partial charge in [0.25, 0.3) is 5.91 Å². The van der Waals surface area contributed by atoms with Crippen LogP contribution < -0.4 is 5.32 Å². The van der Waals surface area contributed by atoms with Gasteiger partial charge in [0.2, 0.25) is 0 Å². The Labute approximate surface area is 182 Å². The number of aromatic nitrogens is 2. The molecule has 1 N–H and O–H groups in total. The van der Waals surface area contributed by atoms with Crippen LogP contribution in [-0.4, -0.2) is 22.8 Å². The molecule has 5 heteroatoms. The van der Waals surface area contributed by atoms with E-state index in [1.807, 2.05) is 53.3 Å². The number of nitrogens with one attached hydrogen (secondary N) is 1. The standard InChI is InChI=1S/C26H25N3O2/c1-31-19-21-6-4-8-23(16-21)26(30)27-17-24-7-2-3-9-25(24)22-12-10-20(11-13-22)18-29-15-5-14-28-29/h2-16H,17-19H2,1H3,(H,27,30). The van der Waals surface area contributed by atoms with Crippen molar-refractivity contribution in [2.45, 2.75) is 19.7 Å². The van der Waals surface area contributed by atoms with Crippen molar-refractivity contribution in [1.29, 1.82) is 0 Å². The first-order chi connectivity index (χ1) is 15.2. The van der Waals surface area contributed by atoms with Gasteiger partial charge in [0, 0.05) is 31.6 Å². The molecule has 0 spiro atoms. The summed E-state index contributed by atoms with van der Waals surface area (Å²) in [5, 5.41) is 7.30. The molecule has 0 radical (unpaired) electrons. The van der Waals surface area contributed by atoms with Crippen LogP contribution in [0.3, 0.4) is 0 Å². The fourth-order valence-electron chi connectivity index (χ4n) is 3.57. The number of hydrogen-bond donors (Lipinski definition) is 1. The van der Waals surface area contributed by atoms with E-state index in [0.29, 0.717) is 18.7 Å². The third kappa shape index (κ3) is 5.27. The molecule has 5 nitrogen and oxygen atoms in total. The Balaban J connectivity index is 1.46.